The Labute approximate surface area is 80.3 Å². The van der Waals surface area contributed by atoms with Crippen molar-refractivity contribution in [3.63, 3.8) is 0 Å². The molecule has 0 spiro atoms. The topological polar surface area (TPSA) is 57.0 Å². The highest BCUT2D eigenvalue weighted by Gasteiger charge is 2.15. The molecule has 0 atom stereocenters. The van der Waals surface area contributed by atoms with E-state index in [2.05, 4.69) is 14.8 Å². The molecule has 0 aliphatic carbocycles. The Morgan fingerprint density at radius 1 is 1.57 bits per heavy atom. The lowest BCUT2D eigenvalue weighted by atomic mass is 10.2. The largest absolute Gasteiger partial charge is 0.464 e. The summed E-state index contributed by atoms with van der Waals surface area (Å²) < 4.78 is 6.23. The van der Waals surface area contributed by atoms with Crippen molar-refractivity contribution in [1.82, 2.24) is 14.8 Å². The zero-order chi connectivity index (χ0) is 10.1. The number of ether oxygens (including phenoxy) is 1. The van der Waals surface area contributed by atoms with E-state index in [1.165, 1.54) is 7.11 Å². The van der Waals surface area contributed by atoms with E-state index in [1.807, 2.05) is 0 Å². The summed E-state index contributed by atoms with van der Waals surface area (Å²) in [5.41, 5.74) is 1.14. The number of hydrogen-bond donors (Lipinski definition) is 0. The van der Waals surface area contributed by atoms with Gasteiger partial charge in [-0.2, -0.15) is 5.10 Å². The average Bonchev–Trinajstić information content (AvgIpc) is 2.56. The van der Waals surface area contributed by atoms with Crippen LogP contribution in [0.3, 0.4) is 0 Å². The molecule has 2 rings (SSSR count). The van der Waals surface area contributed by atoms with E-state index >= 15 is 0 Å². The van der Waals surface area contributed by atoms with Gasteiger partial charge in [-0.1, -0.05) is 0 Å². The van der Waals surface area contributed by atoms with Crippen LogP contribution in [0.5, 0.6) is 0 Å². The molecule has 14 heavy (non-hydrogen) atoms. The monoisotopic (exact) mass is 191 g/mol. The van der Waals surface area contributed by atoms with E-state index in [1.54, 1.807) is 30.2 Å². The summed E-state index contributed by atoms with van der Waals surface area (Å²) in [6, 6.07) is 1.74. The first kappa shape index (κ1) is 8.68. The maximum Gasteiger partial charge on any atom is 0.359 e. The highest BCUT2D eigenvalue weighted by molar-refractivity contribution is 6.01. The number of carbonyl (C=O) groups is 1. The third-order valence-corrected chi connectivity index (χ3v) is 2.03. The minimum absolute atomic E-state index is 0.326. The molecular weight excluding hydrogens is 182 g/mol. The van der Waals surface area contributed by atoms with Gasteiger partial charge in [0.1, 0.15) is 0 Å². The lowest BCUT2D eigenvalue weighted by Crippen LogP contribution is -2.03. The zero-order valence-electron chi connectivity index (χ0n) is 7.89. The maximum absolute atomic E-state index is 11.3. The van der Waals surface area contributed by atoms with E-state index in [-0.39, 0.29) is 0 Å². The van der Waals surface area contributed by atoms with Gasteiger partial charge in [0, 0.05) is 18.6 Å². The molecule has 0 bridgehead atoms. The minimum Gasteiger partial charge on any atom is -0.464 e. The lowest BCUT2D eigenvalue weighted by molar-refractivity contribution is 0.0595. The van der Waals surface area contributed by atoms with Crippen molar-refractivity contribution in [1.29, 1.82) is 0 Å². The predicted octanol–water partition coefficient (Wildman–Crippen LogP) is 0.755. The average molecular weight is 191 g/mol. The molecule has 0 radical (unpaired) electrons. The Balaban J connectivity index is 2.72. The fourth-order valence-corrected chi connectivity index (χ4v) is 1.35. The SMILES string of the molecule is COC(=O)c1nn(C)c2cnccc12. The Morgan fingerprint density at radius 3 is 3.07 bits per heavy atom. The van der Waals surface area contributed by atoms with Crippen molar-refractivity contribution in [3.8, 4) is 0 Å². The first-order valence-corrected chi connectivity index (χ1v) is 4.09. The van der Waals surface area contributed by atoms with Gasteiger partial charge in [-0.3, -0.25) is 9.67 Å². The zero-order valence-corrected chi connectivity index (χ0v) is 7.89. The Bertz CT molecular complexity index is 490. The van der Waals surface area contributed by atoms with Gasteiger partial charge in [-0.05, 0) is 6.07 Å². The maximum atomic E-state index is 11.3. The molecule has 0 aliphatic heterocycles. The lowest BCUT2D eigenvalue weighted by Gasteiger charge is -1.92. The van der Waals surface area contributed by atoms with E-state index < -0.39 is 5.97 Å². The van der Waals surface area contributed by atoms with Gasteiger partial charge >= 0.3 is 5.97 Å². The van der Waals surface area contributed by atoms with Crippen LogP contribution in [0.1, 0.15) is 10.5 Å². The molecular formula is C9H9N3O2. The van der Waals surface area contributed by atoms with Crippen LogP contribution in [0.15, 0.2) is 18.5 Å². The summed E-state index contributed by atoms with van der Waals surface area (Å²) in [4.78, 5) is 15.3. The quantitative estimate of drug-likeness (QED) is 0.624. The van der Waals surface area contributed by atoms with Crippen molar-refractivity contribution >= 4 is 16.9 Å². The molecule has 5 nitrogen and oxygen atoms in total. The van der Waals surface area contributed by atoms with Gasteiger partial charge in [-0.25, -0.2) is 4.79 Å². The number of nitrogens with zero attached hydrogens (tertiary/aromatic N) is 3. The number of hydrogen-bond acceptors (Lipinski definition) is 4. The number of esters is 1. The van der Waals surface area contributed by atoms with Gasteiger partial charge in [0.05, 0.1) is 18.8 Å². The summed E-state index contributed by atoms with van der Waals surface area (Å²) in [5.74, 6) is -0.429. The van der Waals surface area contributed by atoms with Crippen molar-refractivity contribution in [3.05, 3.63) is 24.2 Å². The number of aryl methyl sites for hydroxylation is 1. The van der Waals surface area contributed by atoms with Crippen LogP contribution in [0.4, 0.5) is 0 Å². The van der Waals surface area contributed by atoms with Crippen molar-refractivity contribution in [2.75, 3.05) is 7.11 Å². The number of carbonyl (C=O) groups excluding carboxylic acids is 1. The van der Waals surface area contributed by atoms with Crippen molar-refractivity contribution < 1.29 is 9.53 Å². The third-order valence-electron chi connectivity index (χ3n) is 2.03. The molecule has 0 saturated heterocycles. The number of rotatable bonds is 1. The number of fused-ring (bicyclic) bond motifs is 1. The van der Waals surface area contributed by atoms with Crippen molar-refractivity contribution in [2.24, 2.45) is 7.05 Å². The standard InChI is InChI=1S/C9H9N3O2/c1-12-7-5-10-4-3-6(7)8(11-12)9(13)14-2/h3-5H,1-2H3. The molecule has 0 aliphatic rings. The Morgan fingerprint density at radius 2 is 2.36 bits per heavy atom. The van der Waals surface area contributed by atoms with Crippen LogP contribution >= 0.6 is 0 Å². The van der Waals surface area contributed by atoms with Crippen LogP contribution in [0, 0.1) is 0 Å². The molecule has 0 fully saturated rings. The summed E-state index contributed by atoms with van der Waals surface area (Å²) in [6.45, 7) is 0. The molecule has 0 N–H and O–H groups in total. The summed E-state index contributed by atoms with van der Waals surface area (Å²) in [7, 11) is 3.10. The van der Waals surface area contributed by atoms with Gasteiger partial charge < -0.3 is 4.74 Å². The van der Waals surface area contributed by atoms with Gasteiger partial charge in [0.15, 0.2) is 5.69 Å². The third kappa shape index (κ3) is 1.14. The fourth-order valence-electron chi connectivity index (χ4n) is 1.35. The van der Waals surface area contributed by atoms with Crippen LogP contribution in [-0.4, -0.2) is 27.8 Å². The highest BCUT2D eigenvalue weighted by Crippen LogP contribution is 2.16. The van der Waals surface area contributed by atoms with Gasteiger partial charge in [0.25, 0.3) is 0 Å². The fraction of sp³-hybridized carbons (Fsp3) is 0.222. The van der Waals surface area contributed by atoms with Crippen LogP contribution in [0.2, 0.25) is 0 Å². The molecule has 2 heterocycles. The van der Waals surface area contributed by atoms with Gasteiger partial charge in [0.2, 0.25) is 0 Å². The smallest absolute Gasteiger partial charge is 0.359 e. The van der Waals surface area contributed by atoms with Crippen LogP contribution < -0.4 is 0 Å². The molecule has 72 valence electrons. The number of pyridine rings is 1. The number of aromatic nitrogens is 3. The van der Waals surface area contributed by atoms with E-state index in [0.717, 1.165) is 10.9 Å². The summed E-state index contributed by atoms with van der Waals surface area (Å²) in [6.07, 6.45) is 3.28. The first-order valence-electron chi connectivity index (χ1n) is 4.09. The molecule has 0 aromatic carbocycles. The number of methoxy groups -OCH3 is 1. The predicted molar refractivity (Wildman–Crippen MR) is 49.8 cm³/mol. The molecule has 0 saturated carbocycles. The molecule has 2 aromatic rings. The second kappa shape index (κ2) is 3.10. The molecule has 2 aromatic heterocycles. The van der Waals surface area contributed by atoms with Crippen LogP contribution in [-0.2, 0) is 11.8 Å². The molecule has 0 unspecified atom stereocenters. The van der Waals surface area contributed by atoms with Crippen LogP contribution in [0.25, 0.3) is 10.9 Å². The van der Waals surface area contributed by atoms with Crippen molar-refractivity contribution in [2.45, 2.75) is 0 Å². The van der Waals surface area contributed by atoms with Gasteiger partial charge in [-0.15, -0.1) is 0 Å². The second-order valence-electron chi connectivity index (χ2n) is 2.86. The summed E-state index contributed by atoms with van der Waals surface area (Å²) >= 11 is 0. The van der Waals surface area contributed by atoms with E-state index in [9.17, 15) is 4.79 Å². The normalized spacial score (nSPS) is 10.4. The Hall–Kier alpha value is -1.91. The second-order valence-corrected chi connectivity index (χ2v) is 2.86. The minimum atomic E-state index is -0.429. The Kier molecular flexibility index (Phi) is 1.92. The molecule has 0 amide bonds. The molecule has 5 heteroatoms. The van der Waals surface area contributed by atoms with E-state index in [4.69, 9.17) is 0 Å². The summed E-state index contributed by atoms with van der Waals surface area (Å²) in [5, 5.41) is 4.82. The highest BCUT2D eigenvalue weighted by atomic mass is 16.5. The van der Waals surface area contributed by atoms with E-state index in [0.29, 0.717) is 5.69 Å². The first-order chi connectivity index (χ1) is 6.74.